The minimum absolute atomic E-state index is 0.0972. The fraction of sp³-hybridized carbons (Fsp3) is 0.444. The Kier molecular flexibility index (Phi) is 3.43. The van der Waals surface area contributed by atoms with Gasteiger partial charge in [0.05, 0.1) is 5.69 Å². The van der Waals surface area contributed by atoms with E-state index in [0.717, 1.165) is 11.4 Å². The van der Waals surface area contributed by atoms with Crippen LogP contribution in [-0.4, -0.2) is 21.6 Å². The molecule has 1 aromatic heterocycles. The van der Waals surface area contributed by atoms with Crippen LogP contribution in [0.3, 0.4) is 0 Å². The molecule has 0 spiro atoms. The van der Waals surface area contributed by atoms with Crippen molar-refractivity contribution in [2.75, 3.05) is 0 Å². The molecular formula is C9H14N4O2. The highest BCUT2D eigenvalue weighted by Crippen LogP contribution is 2.00. The first-order valence-corrected chi connectivity index (χ1v) is 4.55. The second-order valence-corrected chi connectivity index (χ2v) is 3.31. The molecule has 0 aliphatic heterocycles. The van der Waals surface area contributed by atoms with Gasteiger partial charge in [0.1, 0.15) is 6.54 Å². The Morgan fingerprint density at radius 2 is 2.07 bits per heavy atom. The SMILES string of the molecule is CC(=O)NNC(=O)Cn1nc(C)cc1C. The number of nitrogens with zero attached hydrogens (tertiary/aromatic N) is 2. The summed E-state index contributed by atoms with van der Waals surface area (Å²) >= 11 is 0. The zero-order chi connectivity index (χ0) is 11.4. The van der Waals surface area contributed by atoms with Gasteiger partial charge in [-0.3, -0.25) is 25.1 Å². The summed E-state index contributed by atoms with van der Waals surface area (Å²) in [6, 6.07) is 1.88. The zero-order valence-electron chi connectivity index (χ0n) is 9.00. The third-order valence-corrected chi connectivity index (χ3v) is 1.77. The average Bonchev–Trinajstić information content (AvgIpc) is 2.42. The smallest absolute Gasteiger partial charge is 0.260 e. The van der Waals surface area contributed by atoms with Crippen molar-refractivity contribution in [3.05, 3.63) is 17.5 Å². The van der Waals surface area contributed by atoms with Gasteiger partial charge in [0.15, 0.2) is 0 Å². The van der Waals surface area contributed by atoms with Crippen LogP contribution in [0.25, 0.3) is 0 Å². The van der Waals surface area contributed by atoms with E-state index in [2.05, 4.69) is 16.0 Å². The van der Waals surface area contributed by atoms with Crippen LogP contribution in [0.15, 0.2) is 6.07 Å². The summed E-state index contributed by atoms with van der Waals surface area (Å²) in [5, 5.41) is 4.12. The number of hydrazine groups is 1. The van der Waals surface area contributed by atoms with Crippen LogP contribution in [0.5, 0.6) is 0 Å². The lowest BCUT2D eigenvalue weighted by atomic mass is 10.4. The molecule has 1 rings (SSSR count). The van der Waals surface area contributed by atoms with E-state index in [-0.39, 0.29) is 18.4 Å². The molecule has 0 atom stereocenters. The molecule has 2 amide bonds. The number of hydrogen-bond acceptors (Lipinski definition) is 3. The first-order chi connectivity index (χ1) is 6.99. The molecule has 15 heavy (non-hydrogen) atoms. The van der Waals surface area contributed by atoms with Crippen molar-refractivity contribution in [3.8, 4) is 0 Å². The lowest BCUT2D eigenvalue weighted by Crippen LogP contribution is -2.42. The predicted molar refractivity (Wildman–Crippen MR) is 53.7 cm³/mol. The van der Waals surface area contributed by atoms with Gasteiger partial charge in [-0.2, -0.15) is 5.10 Å². The van der Waals surface area contributed by atoms with Crippen LogP contribution in [-0.2, 0) is 16.1 Å². The highest BCUT2D eigenvalue weighted by molar-refractivity contribution is 5.80. The lowest BCUT2D eigenvalue weighted by molar-refractivity contribution is -0.128. The Hall–Kier alpha value is -1.85. The van der Waals surface area contributed by atoms with Crippen molar-refractivity contribution in [1.29, 1.82) is 0 Å². The van der Waals surface area contributed by atoms with Crippen molar-refractivity contribution in [2.24, 2.45) is 0 Å². The number of carbonyl (C=O) groups is 2. The van der Waals surface area contributed by atoms with Crippen molar-refractivity contribution < 1.29 is 9.59 Å². The van der Waals surface area contributed by atoms with Gasteiger partial charge in [-0.15, -0.1) is 0 Å². The van der Waals surface area contributed by atoms with Crippen LogP contribution in [0, 0.1) is 13.8 Å². The Labute approximate surface area is 87.6 Å². The molecule has 6 nitrogen and oxygen atoms in total. The summed E-state index contributed by atoms with van der Waals surface area (Å²) in [5.74, 6) is -0.617. The van der Waals surface area contributed by atoms with Gasteiger partial charge >= 0.3 is 0 Å². The van der Waals surface area contributed by atoms with Gasteiger partial charge in [-0.05, 0) is 19.9 Å². The van der Waals surface area contributed by atoms with Crippen molar-refractivity contribution in [3.63, 3.8) is 0 Å². The van der Waals surface area contributed by atoms with E-state index < -0.39 is 0 Å². The van der Waals surface area contributed by atoms with E-state index in [1.165, 1.54) is 6.92 Å². The number of rotatable bonds is 2. The third kappa shape index (κ3) is 3.41. The molecule has 0 saturated heterocycles. The maximum absolute atomic E-state index is 11.3. The number of amides is 2. The van der Waals surface area contributed by atoms with Crippen LogP contribution in [0.1, 0.15) is 18.3 Å². The number of aromatic nitrogens is 2. The molecule has 0 aliphatic carbocycles. The molecule has 0 bridgehead atoms. The standard InChI is InChI=1S/C9H14N4O2/c1-6-4-7(2)13(12-6)5-9(15)11-10-8(3)14/h4H,5H2,1-3H3,(H,10,14)(H,11,15). The molecule has 82 valence electrons. The lowest BCUT2D eigenvalue weighted by Gasteiger charge is -2.06. The van der Waals surface area contributed by atoms with Gasteiger partial charge in [0.2, 0.25) is 5.91 Å². The van der Waals surface area contributed by atoms with E-state index in [4.69, 9.17) is 0 Å². The van der Waals surface area contributed by atoms with E-state index in [1.54, 1.807) is 4.68 Å². The van der Waals surface area contributed by atoms with Crippen LogP contribution < -0.4 is 10.9 Å². The summed E-state index contributed by atoms with van der Waals surface area (Å²) in [6.45, 7) is 5.14. The van der Waals surface area contributed by atoms with Crippen LogP contribution in [0.2, 0.25) is 0 Å². The number of carbonyl (C=O) groups excluding carboxylic acids is 2. The Bertz CT molecular complexity index is 383. The number of hydrogen-bond donors (Lipinski definition) is 2. The van der Waals surface area contributed by atoms with Crippen molar-refractivity contribution in [1.82, 2.24) is 20.6 Å². The molecular weight excluding hydrogens is 196 g/mol. The summed E-state index contributed by atoms with van der Waals surface area (Å²) < 4.78 is 1.58. The summed E-state index contributed by atoms with van der Waals surface area (Å²) in [7, 11) is 0. The second kappa shape index (κ2) is 4.59. The van der Waals surface area contributed by atoms with Gasteiger partial charge < -0.3 is 0 Å². The second-order valence-electron chi connectivity index (χ2n) is 3.31. The fourth-order valence-corrected chi connectivity index (χ4v) is 1.17. The Morgan fingerprint density at radius 1 is 1.40 bits per heavy atom. The first kappa shape index (κ1) is 11.2. The highest BCUT2D eigenvalue weighted by atomic mass is 16.2. The fourth-order valence-electron chi connectivity index (χ4n) is 1.17. The molecule has 0 radical (unpaired) electrons. The summed E-state index contributed by atoms with van der Waals surface area (Å²) in [6.07, 6.45) is 0. The molecule has 1 heterocycles. The number of aryl methyl sites for hydroxylation is 2. The third-order valence-electron chi connectivity index (χ3n) is 1.77. The Morgan fingerprint density at radius 3 is 2.53 bits per heavy atom. The molecule has 6 heteroatoms. The molecule has 0 unspecified atom stereocenters. The van der Waals surface area contributed by atoms with E-state index >= 15 is 0 Å². The summed E-state index contributed by atoms with van der Waals surface area (Å²) in [5.41, 5.74) is 6.25. The molecule has 0 aromatic carbocycles. The van der Waals surface area contributed by atoms with Gasteiger partial charge in [0, 0.05) is 12.6 Å². The Balaban J connectivity index is 2.51. The first-order valence-electron chi connectivity index (χ1n) is 4.55. The zero-order valence-corrected chi connectivity index (χ0v) is 9.00. The molecule has 2 N–H and O–H groups in total. The minimum atomic E-state index is -0.309. The molecule has 1 aromatic rings. The predicted octanol–water partition coefficient (Wildman–Crippen LogP) is -0.333. The van der Waals surface area contributed by atoms with E-state index in [1.807, 2.05) is 19.9 Å². The molecule has 0 fully saturated rings. The maximum atomic E-state index is 11.3. The van der Waals surface area contributed by atoms with E-state index in [9.17, 15) is 9.59 Å². The minimum Gasteiger partial charge on any atom is -0.274 e. The van der Waals surface area contributed by atoms with Gasteiger partial charge in [-0.1, -0.05) is 0 Å². The highest BCUT2D eigenvalue weighted by Gasteiger charge is 2.06. The van der Waals surface area contributed by atoms with Crippen molar-refractivity contribution >= 4 is 11.8 Å². The van der Waals surface area contributed by atoms with Crippen LogP contribution in [0.4, 0.5) is 0 Å². The van der Waals surface area contributed by atoms with Gasteiger partial charge in [0.25, 0.3) is 5.91 Å². The monoisotopic (exact) mass is 210 g/mol. The topological polar surface area (TPSA) is 76.0 Å². The average molecular weight is 210 g/mol. The normalized spacial score (nSPS) is 9.80. The largest absolute Gasteiger partial charge is 0.274 e. The quantitative estimate of drug-likeness (QED) is 0.656. The van der Waals surface area contributed by atoms with Crippen LogP contribution >= 0.6 is 0 Å². The molecule has 0 saturated carbocycles. The van der Waals surface area contributed by atoms with Crippen molar-refractivity contribution in [2.45, 2.75) is 27.3 Å². The van der Waals surface area contributed by atoms with Gasteiger partial charge in [-0.25, -0.2) is 0 Å². The number of nitrogens with one attached hydrogen (secondary N) is 2. The summed E-state index contributed by atoms with van der Waals surface area (Å²) in [4.78, 5) is 21.8. The maximum Gasteiger partial charge on any atom is 0.260 e. The molecule has 0 aliphatic rings. The van der Waals surface area contributed by atoms with E-state index in [0.29, 0.717) is 0 Å².